The Bertz CT molecular complexity index is 1300. The molecule has 5 atom stereocenters. The molecule has 39 heavy (non-hydrogen) atoms. The number of aliphatic carboxylic acids is 1. The van der Waals surface area contributed by atoms with Gasteiger partial charge in [0, 0.05) is 35.7 Å². The van der Waals surface area contributed by atoms with Crippen molar-refractivity contribution in [3.63, 3.8) is 0 Å². The highest BCUT2D eigenvalue weighted by Gasteiger charge is 2.32. The molecular weight excluding hydrogens is 522 g/mol. The Kier molecular flexibility index (Phi) is 10.5. The SMILES string of the molecule is CC(O)C(NC(=O)C(Cc1ccccc1)NC(=O)C(Cc1c[nH]c2ccccc12)NC(=O)C(N)CS)C(=O)O. The van der Waals surface area contributed by atoms with Crippen molar-refractivity contribution in [3.8, 4) is 0 Å². The maximum atomic E-state index is 13.6. The first kappa shape index (κ1) is 29.7. The summed E-state index contributed by atoms with van der Waals surface area (Å²) in [5.74, 6) is -3.42. The van der Waals surface area contributed by atoms with Crippen LogP contribution in [0.15, 0.2) is 60.8 Å². The first-order valence-corrected chi connectivity index (χ1v) is 13.0. The molecule has 0 spiro atoms. The molecular formula is C27H33N5O6S. The molecule has 1 heterocycles. The quantitative estimate of drug-likeness (QED) is 0.138. The van der Waals surface area contributed by atoms with Gasteiger partial charge in [0.25, 0.3) is 0 Å². The Morgan fingerprint density at radius 1 is 0.897 bits per heavy atom. The van der Waals surface area contributed by atoms with Crippen LogP contribution in [0, 0.1) is 0 Å². The molecule has 0 aliphatic rings. The number of hydrogen-bond acceptors (Lipinski definition) is 7. The van der Waals surface area contributed by atoms with Crippen LogP contribution < -0.4 is 21.7 Å². The summed E-state index contributed by atoms with van der Waals surface area (Å²) in [6.45, 7) is 1.24. The molecule has 8 N–H and O–H groups in total. The highest BCUT2D eigenvalue weighted by molar-refractivity contribution is 7.80. The molecule has 5 unspecified atom stereocenters. The van der Waals surface area contributed by atoms with E-state index in [4.69, 9.17) is 5.73 Å². The molecule has 0 aliphatic carbocycles. The van der Waals surface area contributed by atoms with E-state index >= 15 is 0 Å². The van der Waals surface area contributed by atoms with E-state index in [0.717, 1.165) is 16.5 Å². The fraction of sp³-hybridized carbons (Fsp3) is 0.333. The van der Waals surface area contributed by atoms with Gasteiger partial charge in [-0.25, -0.2) is 4.79 Å². The number of carbonyl (C=O) groups excluding carboxylic acids is 3. The number of thiol groups is 1. The average molecular weight is 556 g/mol. The molecule has 3 aromatic rings. The Balaban J connectivity index is 1.89. The second-order valence-corrected chi connectivity index (χ2v) is 9.60. The minimum atomic E-state index is -1.58. The van der Waals surface area contributed by atoms with Gasteiger partial charge in [-0.3, -0.25) is 14.4 Å². The Morgan fingerprint density at radius 2 is 1.49 bits per heavy atom. The fourth-order valence-corrected chi connectivity index (χ4v) is 4.23. The summed E-state index contributed by atoms with van der Waals surface area (Å²) in [4.78, 5) is 54.1. The Morgan fingerprint density at radius 3 is 2.13 bits per heavy atom. The van der Waals surface area contributed by atoms with Gasteiger partial charge in [-0.05, 0) is 24.1 Å². The van der Waals surface area contributed by atoms with Crippen molar-refractivity contribution < 1.29 is 29.4 Å². The van der Waals surface area contributed by atoms with Gasteiger partial charge in [0.15, 0.2) is 6.04 Å². The van der Waals surface area contributed by atoms with Crippen molar-refractivity contribution in [2.45, 2.75) is 50.0 Å². The van der Waals surface area contributed by atoms with Crippen LogP contribution in [0.3, 0.4) is 0 Å². The number of nitrogens with one attached hydrogen (secondary N) is 4. The number of aliphatic hydroxyl groups excluding tert-OH is 1. The fourth-order valence-electron chi connectivity index (χ4n) is 4.07. The smallest absolute Gasteiger partial charge is 0.328 e. The van der Waals surface area contributed by atoms with Gasteiger partial charge in [-0.15, -0.1) is 0 Å². The van der Waals surface area contributed by atoms with Gasteiger partial charge in [0.2, 0.25) is 17.7 Å². The number of aliphatic hydroxyl groups is 1. The molecule has 0 bridgehead atoms. The maximum Gasteiger partial charge on any atom is 0.328 e. The van der Waals surface area contributed by atoms with Gasteiger partial charge in [-0.2, -0.15) is 12.6 Å². The standard InChI is InChI=1S/C27H33N5O6S/c1-15(33)23(27(37)38)32-26(36)21(11-16-7-3-2-4-8-16)31-25(35)22(30-24(34)19(28)14-39)12-17-13-29-20-10-6-5-9-18(17)20/h2-10,13,15,19,21-23,29,33,39H,11-12,14,28H2,1H3,(H,30,34)(H,31,35)(H,32,36)(H,37,38). The largest absolute Gasteiger partial charge is 0.480 e. The number of para-hydroxylation sites is 1. The Labute approximate surface area is 231 Å². The number of aromatic amines is 1. The second kappa shape index (κ2) is 13.8. The predicted molar refractivity (Wildman–Crippen MR) is 149 cm³/mol. The lowest BCUT2D eigenvalue weighted by Gasteiger charge is -2.26. The van der Waals surface area contributed by atoms with Crippen LogP contribution in [0.5, 0.6) is 0 Å². The summed E-state index contributed by atoms with van der Waals surface area (Å²) in [7, 11) is 0. The predicted octanol–water partition coefficient (Wildman–Crippen LogP) is 0.130. The number of rotatable bonds is 13. The normalized spacial score (nSPS) is 15.0. The van der Waals surface area contributed by atoms with E-state index < -0.39 is 54.0 Å². The first-order valence-electron chi connectivity index (χ1n) is 12.4. The van der Waals surface area contributed by atoms with Crippen molar-refractivity contribution in [1.82, 2.24) is 20.9 Å². The Hall–Kier alpha value is -3.87. The lowest BCUT2D eigenvalue weighted by Crippen LogP contribution is -2.59. The van der Waals surface area contributed by atoms with Gasteiger partial charge in [0.1, 0.15) is 12.1 Å². The van der Waals surface area contributed by atoms with E-state index in [0.29, 0.717) is 5.56 Å². The number of benzene rings is 2. The average Bonchev–Trinajstić information content (AvgIpc) is 3.33. The summed E-state index contributed by atoms with van der Waals surface area (Å²) in [6, 6.07) is 11.5. The molecule has 1 aromatic heterocycles. The summed E-state index contributed by atoms with van der Waals surface area (Å²) in [5.41, 5.74) is 8.14. The number of carboxylic acids is 1. The summed E-state index contributed by atoms with van der Waals surface area (Å²) in [5, 5.41) is 27.7. The van der Waals surface area contributed by atoms with E-state index in [1.165, 1.54) is 6.92 Å². The van der Waals surface area contributed by atoms with Gasteiger partial charge in [-0.1, -0.05) is 48.5 Å². The number of aromatic nitrogens is 1. The molecule has 2 aromatic carbocycles. The minimum Gasteiger partial charge on any atom is -0.480 e. The monoisotopic (exact) mass is 555 g/mol. The number of H-pyrrole nitrogens is 1. The van der Waals surface area contributed by atoms with E-state index in [2.05, 4.69) is 33.6 Å². The lowest BCUT2D eigenvalue weighted by atomic mass is 10.0. The number of hydrogen-bond donors (Lipinski definition) is 8. The van der Waals surface area contributed by atoms with Crippen molar-refractivity contribution in [3.05, 3.63) is 71.9 Å². The summed E-state index contributed by atoms with van der Waals surface area (Å²) >= 11 is 4.06. The van der Waals surface area contributed by atoms with Gasteiger partial charge in [0.05, 0.1) is 12.1 Å². The molecule has 0 fully saturated rings. The van der Waals surface area contributed by atoms with Crippen LogP contribution >= 0.6 is 12.6 Å². The molecule has 0 saturated carbocycles. The zero-order chi connectivity index (χ0) is 28.5. The summed E-state index contributed by atoms with van der Waals surface area (Å²) < 4.78 is 0. The molecule has 0 radical (unpaired) electrons. The first-order chi connectivity index (χ1) is 18.6. The molecule has 3 amide bonds. The van der Waals surface area contributed by atoms with Gasteiger partial charge >= 0.3 is 5.97 Å². The van der Waals surface area contributed by atoms with Gasteiger partial charge < -0.3 is 36.9 Å². The topological polar surface area (TPSA) is 187 Å². The number of amides is 3. The third kappa shape index (κ3) is 8.06. The zero-order valence-corrected chi connectivity index (χ0v) is 22.2. The van der Waals surface area contributed by atoms with Crippen LogP contribution in [0.1, 0.15) is 18.1 Å². The molecule has 3 rings (SSSR count). The van der Waals surface area contributed by atoms with E-state index in [1.54, 1.807) is 36.5 Å². The zero-order valence-electron chi connectivity index (χ0n) is 21.3. The van der Waals surface area contributed by atoms with Crippen molar-refractivity contribution >= 4 is 47.2 Å². The third-order valence-electron chi connectivity index (χ3n) is 6.23. The van der Waals surface area contributed by atoms with E-state index in [-0.39, 0.29) is 18.6 Å². The van der Waals surface area contributed by atoms with Crippen LogP contribution in [-0.4, -0.2) is 74.9 Å². The van der Waals surface area contributed by atoms with E-state index in [1.807, 2.05) is 24.3 Å². The number of fused-ring (bicyclic) bond motifs is 1. The number of carboxylic acid groups (broad SMARTS) is 1. The lowest BCUT2D eigenvalue weighted by molar-refractivity contribution is -0.145. The number of carbonyl (C=O) groups is 4. The van der Waals surface area contributed by atoms with Crippen molar-refractivity contribution in [2.24, 2.45) is 5.73 Å². The van der Waals surface area contributed by atoms with Crippen molar-refractivity contribution in [2.75, 3.05) is 5.75 Å². The minimum absolute atomic E-state index is 0.0362. The summed E-state index contributed by atoms with van der Waals surface area (Å²) in [6.07, 6.45) is 0.487. The highest BCUT2D eigenvalue weighted by atomic mass is 32.1. The second-order valence-electron chi connectivity index (χ2n) is 9.23. The third-order valence-corrected chi connectivity index (χ3v) is 6.62. The molecule has 12 heteroatoms. The van der Waals surface area contributed by atoms with Crippen LogP contribution in [0.25, 0.3) is 10.9 Å². The molecule has 0 aliphatic heterocycles. The molecule has 11 nitrogen and oxygen atoms in total. The van der Waals surface area contributed by atoms with Crippen LogP contribution in [0.2, 0.25) is 0 Å². The number of nitrogens with two attached hydrogens (primary N) is 1. The maximum absolute atomic E-state index is 13.6. The van der Waals surface area contributed by atoms with Crippen LogP contribution in [-0.2, 0) is 32.0 Å². The molecule has 208 valence electrons. The van der Waals surface area contributed by atoms with Crippen LogP contribution in [0.4, 0.5) is 0 Å². The van der Waals surface area contributed by atoms with Crippen molar-refractivity contribution in [1.29, 1.82) is 0 Å². The highest BCUT2D eigenvalue weighted by Crippen LogP contribution is 2.19. The molecule has 0 saturated heterocycles. The van der Waals surface area contributed by atoms with E-state index in [9.17, 15) is 29.4 Å².